The number of carboxylic acid groups (broad SMARTS) is 1. The molecule has 0 bridgehead atoms. The zero-order valence-electron chi connectivity index (χ0n) is 13.9. The highest BCUT2D eigenvalue weighted by Gasteiger charge is 2.35. The molecule has 1 aliphatic rings. The average molecular weight is 339 g/mol. The maximum absolute atomic E-state index is 12.7. The van der Waals surface area contributed by atoms with E-state index in [9.17, 15) is 14.7 Å². The molecule has 2 aromatic rings. The summed E-state index contributed by atoms with van der Waals surface area (Å²) in [4.78, 5) is 24.1. The van der Waals surface area contributed by atoms with Crippen LogP contribution in [0.5, 0.6) is 11.5 Å². The number of hydrogen-bond donors (Lipinski definition) is 2. The molecule has 0 radical (unpaired) electrons. The second kappa shape index (κ2) is 7.83. The molecule has 2 atom stereocenters. The Morgan fingerprint density at radius 3 is 2.28 bits per heavy atom. The maximum Gasteiger partial charge on any atom is 0.307 e. The van der Waals surface area contributed by atoms with Crippen molar-refractivity contribution in [1.82, 2.24) is 0 Å². The number of carboxylic acids is 1. The van der Waals surface area contributed by atoms with Crippen molar-refractivity contribution in [2.24, 2.45) is 11.8 Å². The molecule has 2 aromatic carbocycles. The molecular formula is C20H21NO4. The van der Waals surface area contributed by atoms with Gasteiger partial charge in [0.15, 0.2) is 5.75 Å². The van der Waals surface area contributed by atoms with E-state index in [0.29, 0.717) is 30.0 Å². The number of aliphatic carboxylic acids is 1. The van der Waals surface area contributed by atoms with Crippen molar-refractivity contribution in [2.75, 3.05) is 5.32 Å². The largest absolute Gasteiger partial charge is 0.481 e. The SMILES string of the molecule is O=C(O)[C@@H]1CCCC[C@H]1C(=O)Nc1ccccc1Oc1ccccc1. The highest BCUT2D eigenvalue weighted by Crippen LogP contribution is 2.33. The van der Waals surface area contributed by atoms with Crippen molar-refractivity contribution < 1.29 is 19.4 Å². The molecule has 3 rings (SSSR count). The van der Waals surface area contributed by atoms with Crippen LogP contribution in [0.15, 0.2) is 54.6 Å². The summed E-state index contributed by atoms with van der Waals surface area (Å²) in [7, 11) is 0. The molecule has 0 spiro atoms. The van der Waals surface area contributed by atoms with Crippen LogP contribution in [0.4, 0.5) is 5.69 Å². The number of ether oxygens (including phenoxy) is 1. The number of carbonyl (C=O) groups excluding carboxylic acids is 1. The van der Waals surface area contributed by atoms with E-state index in [1.807, 2.05) is 42.5 Å². The summed E-state index contributed by atoms with van der Waals surface area (Å²) in [6.45, 7) is 0. The molecule has 1 aliphatic carbocycles. The first-order valence-electron chi connectivity index (χ1n) is 8.51. The first-order valence-corrected chi connectivity index (χ1v) is 8.51. The molecular weight excluding hydrogens is 318 g/mol. The minimum atomic E-state index is -0.895. The molecule has 5 nitrogen and oxygen atoms in total. The van der Waals surface area contributed by atoms with Gasteiger partial charge in [-0.3, -0.25) is 9.59 Å². The van der Waals surface area contributed by atoms with E-state index >= 15 is 0 Å². The van der Waals surface area contributed by atoms with E-state index in [-0.39, 0.29) is 5.91 Å². The lowest BCUT2D eigenvalue weighted by Gasteiger charge is -2.27. The lowest BCUT2D eigenvalue weighted by atomic mass is 9.78. The number of rotatable bonds is 5. The molecule has 0 aliphatic heterocycles. The Balaban J connectivity index is 1.76. The molecule has 0 saturated heterocycles. The molecule has 0 heterocycles. The smallest absolute Gasteiger partial charge is 0.307 e. The zero-order chi connectivity index (χ0) is 17.6. The third-order valence-electron chi connectivity index (χ3n) is 4.54. The third-order valence-corrected chi connectivity index (χ3v) is 4.54. The lowest BCUT2D eigenvalue weighted by Crippen LogP contribution is -2.36. The summed E-state index contributed by atoms with van der Waals surface area (Å²) in [5.74, 6) is -1.06. The molecule has 25 heavy (non-hydrogen) atoms. The van der Waals surface area contributed by atoms with E-state index < -0.39 is 17.8 Å². The Morgan fingerprint density at radius 2 is 1.56 bits per heavy atom. The van der Waals surface area contributed by atoms with Crippen LogP contribution in [0, 0.1) is 11.8 Å². The Labute approximate surface area is 146 Å². The van der Waals surface area contributed by atoms with Crippen LogP contribution < -0.4 is 10.1 Å². The van der Waals surface area contributed by atoms with E-state index in [1.165, 1.54) is 0 Å². The topological polar surface area (TPSA) is 75.6 Å². The van der Waals surface area contributed by atoms with Gasteiger partial charge in [-0.15, -0.1) is 0 Å². The van der Waals surface area contributed by atoms with Crippen LogP contribution in [0.2, 0.25) is 0 Å². The molecule has 1 fully saturated rings. The van der Waals surface area contributed by atoms with Crippen LogP contribution in [-0.2, 0) is 9.59 Å². The summed E-state index contributed by atoms with van der Waals surface area (Å²) in [6, 6.07) is 16.5. The van der Waals surface area contributed by atoms with Gasteiger partial charge in [0.1, 0.15) is 5.75 Å². The Morgan fingerprint density at radius 1 is 0.920 bits per heavy atom. The molecule has 130 valence electrons. The first kappa shape index (κ1) is 17.0. The van der Waals surface area contributed by atoms with Gasteiger partial charge in [-0.2, -0.15) is 0 Å². The fourth-order valence-electron chi connectivity index (χ4n) is 3.24. The monoisotopic (exact) mass is 339 g/mol. The van der Waals surface area contributed by atoms with Gasteiger partial charge in [-0.1, -0.05) is 43.2 Å². The number of nitrogens with one attached hydrogen (secondary N) is 1. The lowest BCUT2D eigenvalue weighted by molar-refractivity contribution is -0.147. The fraction of sp³-hybridized carbons (Fsp3) is 0.300. The second-order valence-corrected chi connectivity index (χ2v) is 6.24. The normalized spacial score (nSPS) is 19.8. The average Bonchev–Trinajstić information content (AvgIpc) is 2.64. The predicted molar refractivity (Wildman–Crippen MR) is 94.7 cm³/mol. The number of benzene rings is 2. The van der Waals surface area contributed by atoms with Crippen LogP contribution >= 0.6 is 0 Å². The van der Waals surface area contributed by atoms with E-state index in [0.717, 1.165) is 12.8 Å². The van der Waals surface area contributed by atoms with E-state index in [4.69, 9.17) is 4.74 Å². The third kappa shape index (κ3) is 4.18. The van der Waals surface area contributed by atoms with Crippen LogP contribution in [0.1, 0.15) is 25.7 Å². The van der Waals surface area contributed by atoms with Gasteiger partial charge in [0.05, 0.1) is 17.5 Å². The Hall–Kier alpha value is -2.82. The van der Waals surface area contributed by atoms with E-state index in [1.54, 1.807) is 12.1 Å². The van der Waals surface area contributed by atoms with Gasteiger partial charge in [-0.05, 0) is 37.1 Å². The van der Waals surface area contributed by atoms with Gasteiger partial charge in [0, 0.05) is 0 Å². The summed E-state index contributed by atoms with van der Waals surface area (Å²) in [5, 5.41) is 12.2. The minimum absolute atomic E-state index is 0.254. The summed E-state index contributed by atoms with van der Waals surface area (Å²) >= 11 is 0. The number of para-hydroxylation sites is 3. The molecule has 0 aromatic heterocycles. The minimum Gasteiger partial charge on any atom is -0.481 e. The second-order valence-electron chi connectivity index (χ2n) is 6.24. The predicted octanol–water partition coefficient (Wildman–Crippen LogP) is 4.31. The van der Waals surface area contributed by atoms with Crippen molar-refractivity contribution >= 4 is 17.6 Å². The summed E-state index contributed by atoms with van der Waals surface area (Å²) < 4.78 is 5.84. The molecule has 2 N–H and O–H groups in total. The molecule has 1 saturated carbocycles. The Kier molecular flexibility index (Phi) is 5.33. The number of amides is 1. The van der Waals surface area contributed by atoms with Gasteiger partial charge < -0.3 is 15.2 Å². The van der Waals surface area contributed by atoms with Crippen LogP contribution in [-0.4, -0.2) is 17.0 Å². The van der Waals surface area contributed by atoms with Crippen molar-refractivity contribution in [2.45, 2.75) is 25.7 Å². The van der Waals surface area contributed by atoms with Gasteiger partial charge in [0.25, 0.3) is 0 Å². The molecule has 5 heteroatoms. The van der Waals surface area contributed by atoms with Crippen LogP contribution in [0.3, 0.4) is 0 Å². The van der Waals surface area contributed by atoms with Gasteiger partial charge in [-0.25, -0.2) is 0 Å². The highest BCUT2D eigenvalue weighted by molar-refractivity contribution is 5.96. The summed E-state index contributed by atoms with van der Waals surface area (Å²) in [5.41, 5.74) is 0.547. The Bertz CT molecular complexity index is 744. The number of anilines is 1. The molecule has 0 unspecified atom stereocenters. The standard InChI is InChI=1S/C20H21NO4/c22-19(15-10-4-5-11-16(15)20(23)24)21-17-12-6-7-13-18(17)25-14-8-2-1-3-9-14/h1-3,6-9,12-13,15-16H,4-5,10-11H2,(H,21,22)(H,23,24)/t15-,16-/m1/s1. The van der Waals surface area contributed by atoms with Crippen molar-refractivity contribution in [3.05, 3.63) is 54.6 Å². The zero-order valence-corrected chi connectivity index (χ0v) is 13.9. The van der Waals surface area contributed by atoms with Gasteiger partial charge in [0.2, 0.25) is 5.91 Å². The highest BCUT2D eigenvalue weighted by atomic mass is 16.5. The quantitative estimate of drug-likeness (QED) is 0.851. The number of carbonyl (C=O) groups is 2. The van der Waals surface area contributed by atoms with Crippen LogP contribution in [0.25, 0.3) is 0 Å². The van der Waals surface area contributed by atoms with Crippen molar-refractivity contribution in [3.63, 3.8) is 0 Å². The van der Waals surface area contributed by atoms with E-state index in [2.05, 4.69) is 5.32 Å². The fourth-order valence-corrected chi connectivity index (χ4v) is 3.24. The van der Waals surface area contributed by atoms with Gasteiger partial charge >= 0.3 is 5.97 Å². The maximum atomic E-state index is 12.7. The van der Waals surface area contributed by atoms with Crippen molar-refractivity contribution in [1.29, 1.82) is 0 Å². The van der Waals surface area contributed by atoms with Crippen molar-refractivity contribution in [3.8, 4) is 11.5 Å². The molecule has 1 amide bonds. The first-order chi connectivity index (χ1) is 12.1. The number of hydrogen-bond acceptors (Lipinski definition) is 3. The summed E-state index contributed by atoms with van der Waals surface area (Å²) in [6.07, 6.45) is 2.89.